The Balaban J connectivity index is 2.16. The summed E-state index contributed by atoms with van der Waals surface area (Å²) in [6.45, 7) is 3.07. The van der Waals surface area contributed by atoms with Crippen molar-refractivity contribution in [3.63, 3.8) is 0 Å². The lowest BCUT2D eigenvalue weighted by atomic mass is 10.3. The van der Waals surface area contributed by atoms with Crippen LogP contribution >= 0.6 is 12.2 Å². The van der Waals surface area contributed by atoms with Crippen LogP contribution in [-0.4, -0.2) is 55.2 Å². The van der Waals surface area contributed by atoms with Gasteiger partial charge in [0.15, 0.2) is 5.11 Å². The number of rotatable bonds is 8. The average Bonchev–Trinajstić information content (AvgIpc) is 2.43. The molecular formula is C13H21N5O2S. The maximum Gasteiger partial charge on any atom is 0.269 e. The molecule has 0 amide bonds. The van der Waals surface area contributed by atoms with Gasteiger partial charge < -0.3 is 20.9 Å². The van der Waals surface area contributed by atoms with Crippen molar-refractivity contribution in [2.24, 2.45) is 0 Å². The number of thiocarbonyl (C=S) groups is 1. The van der Waals surface area contributed by atoms with Crippen molar-refractivity contribution in [2.75, 3.05) is 45.6 Å². The molecule has 7 nitrogen and oxygen atoms in total. The van der Waals surface area contributed by atoms with Crippen molar-refractivity contribution in [3.8, 4) is 0 Å². The van der Waals surface area contributed by atoms with Gasteiger partial charge in [-0.3, -0.25) is 10.1 Å². The first kappa shape index (κ1) is 17.1. The van der Waals surface area contributed by atoms with Crippen LogP contribution in [0.4, 0.5) is 11.4 Å². The van der Waals surface area contributed by atoms with Crippen LogP contribution in [0.2, 0.25) is 0 Å². The molecule has 0 aliphatic carbocycles. The summed E-state index contributed by atoms with van der Waals surface area (Å²) < 4.78 is 0. The topological polar surface area (TPSA) is 82.5 Å². The second-order valence-electron chi connectivity index (χ2n) is 4.72. The lowest BCUT2D eigenvalue weighted by Crippen LogP contribution is -2.40. The van der Waals surface area contributed by atoms with Crippen molar-refractivity contribution >= 4 is 28.7 Å². The molecule has 3 N–H and O–H groups in total. The van der Waals surface area contributed by atoms with Crippen LogP contribution in [0.5, 0.6) is 0 Å². The van der Waals surface area contributed by atoms with E-state index in [1.54, 1.807) is 12.1 Å². The van der Waals surface area contributed by atoms with E-state index < -0.39 is 4.92 Å². The maximum absolute atomic E-state index is 10.5. The van der Waals surface area contributed by atoms with Gasteiger partial charge in [0.05, 0.1) is 4.92 Å². The molecule has 0 aliphatic rings. The summed E-state index contributed by atoms with van der Waals surface area (Å²) in [6, 6.07) is 6.32. The lowest BCUT2D eigenvalue weighted by molar-refractivity contribution is -0.384. The first-order valence-electron chi connectivity index (χ1n) is 6.64. The van der Waals surface area contributed by atoms with Gasteiger partial charge in [-0.25, -0.2) is 0 Å². The van der Waals surface area contributed by atoms with Crippen LogP contribution in [0.1, 0.15) is 0 Å². The molecule has 0 saturated carbocycles. The first-order chi connectivity index (χ1) is 9.99. The zero-order valence-corrected chi connectivity index (χ0v) is 13.1. The molecule has 0 unspecified atom stereocenters. The quantitative estimate of drug-likeness (QED) is 0.286. The van der Waals surface area contributed by atoms with E-state index in [0.717, 1.165) is 18.8 Å². The molecule has 0 bridgehead atoms. The Hall–Kier alpha value is -1.93. The molecule has 0 aromatic heterocycles. The van der Waals surface area contributed by atoms with Gasteiger partial charge >= 0.3 is 0 Å². The Kier molecular flexibility index (Phi) is 7.41. The molecule has 8 heteroatoms. The minimum atomic E-state index is -0.414. The highest BCUT2D eigenvalue weighted by Crippen LogP contribution is 2.14. The fourth-order valence-electron chi connectivity index (χ4n) is 1.54. The van der Waals surface area contributed by atoms with Crippen LogP contribution in [0.3, 0.4) is 0 Å². The Morgan fingerprint density at radius 3 is 2.38 bits per heavy atom. The van der Waals surface area contributed by atoms with E-state index in [0.29, 0.717) is 18.2 Å². The van der Waals surface area contributed by atoms with Gasteiger partial charge in [0, 0.05) is 44.0 Å². The van der Waals surface area contributed by atoms with Crippen LogP contribution in [-0.2, 0) is 0 Å². The highest BCUT2D eigenvalue weighted by atomic mass is 32.1. The summed E-state index contributed by atoms with van der Waals surface area (Å²) >= 11 is 5.14. The van der Waals surface area contributed by atoms with Crippen molar-refractivity contribution in [1.29, 1.82) is 0 Å². The molecule has 0 saturated heterocycles. The van der Waals surface area contributed by atoms with Crippen LogP contribution in [0, 0.1) is 10.1 Å². The van der Waals surface area contributed by atoms with Gasteiger partial charge in [-0.2, -0.15) is 0 Å². The molecule has 1 aromatic rings. The maximum atomic E-state index is 10.5. The van der Waals surface area contributed by atoms with Crippen LogP contribution < -0.4 is 16.0 Å². The number of nitro benzene ring substituents is 1. The minimum Gasteiger partial charge on any atom is -0.383 e. The van der Waals surface area contributed by atoms with E-state index in [2.05, 4.69) is 20.9 Å². The number of non-ortho nitro benzene ring substituents is 1. The van der Waals surface area contributed by atoms with Crippen molar-refractivity contribution in [1.82, 2.24) is 15.5 Å². The summed E-state index contributed by atoms with van der Waals surface area (Å²) in [5, 5.41) is 20.5. The molecule has 0 heterocycles. The largest absolute Gasteiger partial charge is 0.383 e. The number of likely N-dealkylation sites (N-methyl/N-ethyl adjacent to an activating group) is 1. The highest BCUT2D eigenvalue weighted by molar-refractivity contribution is 7.80. The van der Waals surface area contributed by atoms with Crippen molar-refractivity contribution in [3.05, 3.63) is 34.4 Å². The van der Waals surface area contributed by atoms with Gasteiger partial charge in [0.2, 0.25) is 0 Å². The van der Waals surface area contributed by atoms with E-state index in [-0.39, 0.29) is 5.69 Å². The third kappa shape index (κ3) is 7.42. The monoisotopic (exact) mass is 311 g/mol. The van der Waals surface area contributed by atoms with E-state index in [1.165, 1.54) is 12.1 Å². The van der Waals surface area contributed by atoms with Gasteiger partial charge in [0.1, 0.15) is 0 Å². The highest BCUT2D eigenvalue weighted by Gasteiger charge is 2.03. The fourth-order valence-corrected chi connectivity index (χ4v) is 1.74. The average molecular weight is 311 g/mol. The molecule has 116 valence electrons. The first-order valence-corrected chi connectivity index (χ1v) is 7.04. The Labute approximate surface area is 129 Å². The van der Waals surface area contributed by atoms with Crippen LogP contribution in [0.15, 0.2) is 24.3 Å². The van der Waals surface area contributed by atoms with Gasteiger partial charge in [-0.1, -0.05) is 0 Å². The van der Waals surface area contributed by atoms with E-state index in [1.807, 2.05) is 14.1 Å². The summed E-state index contributed by atoms with van der Waals surface area (Å²) in [6.07, 6.45) is 0. The van der Waals surface area contributed by atoms with Gasteiger partial charge in [-0.15, -0.1) is 0 Å². The summed E-state index contributed by atoms with van der Waals surface area (Å²) in [4.78, 5) is 12.2. The Morgan fingerprint density at radius 2 is 1.81 bits per heavy atom. The molecule has 0 aliphatic heterocycles. The number of nitrogens with zero attached hydrogens (tertiary/aromatic N) is 2. The second kappa shape index (κ2) is 9.09. The number of nitro groups is 1. The third-order valence-electron chi connectivity index (χ3n) is 2.66. The number of nitrogens with one attached hydrogen (secondary N) is 3. The molecule has 0 radical (unpaired) electrons. The molecule has 0 spiro atoms. The third-order valence-corrected chi connectivity index (χ3v) is 2.95. The molecule has 0 atom stereocenters. The second-order valence-corrected chi connectivity index (χ2v) is 5.12. The lowest BCUT2D eigenvalue weighted by Gasteiger charge is -2.13. The predicted molar refractivity (Wildman–Crippen MR) is 88.7 cm³/mol. The number of hydrogen-bond acceptors (Lipinski definition) is 5. The predicted octanol–water partition coefficient (Wildman–Crippen LogP) is 1.03. The fraction of sp³-hybridized carbons (Fsp3) is 0.462. The summed E-state index contributed by atoms with van der Waals surface area (Å²) in [5.41, 5.74) is 0.929. The molecule has 0 fully saturated rings. The number of benzene rings is 1. The minimum absolute atomic E-state index is 0.0879. The Bertz CT molecular complexity index is 464. The molecule has 21 heavy (non-hydrogen) atoms. The molecular weight excluding hydrogens is 290 g/mol. The summed E-state index contributed by atoms with van der Waals surface area (Å²) in [7, 11) is 4.01. The smallest absolute Gasteiger partial charge is 0.269 e. The van der Waals surface area contributed by atoms with E-state index in [4.69, 9.17) is 12.2 Å². The van der Waals surface area contributed by atoms with Gasteiger partial charge in [0.25, 0.3) is 5.69 Å². The van der Waals surface area contributed by atoms with E-state index in [9.17, 15) is 10.1 Å². The zero-order chi connectivity index (χ0) is 15.7. The Morgan fingerprint density at radius 1 is 1.19 bits per heavy atom. The van der Waals surface area contributed by atoms with Crippen LogP contribution in [0.25, 0.3) is 0 Å². The van der Waals surface area contributed by atoms with Crippen molar-refractivity contribution < 1.29 is 4.92 Å². The molecule has 1 rings (SSSR count). The normalized spacial score (nSPS) is 10.2. The number of anilines is 1. The van der Waals surface area contributed by atoms with Gasteiger partial charge in [-0.05, 0) is 38.4 Å². The summed E-state index contributed by atoms with van der Waals surface area (Å²) in [5.74, 6) is 0. The number of hydrogen-bond donors (Lipinski definition) is 3. The molecule has 1 aromatic carbocycles. The van der Waals surface area contributed by atoms with Crippen molar-refractivity contribution in [2.45, 2.75) is 0 Å². The zero-order valence-electron chi connectivity index (χ0n) is 12.3. The standard InChI is InChI=1S/C13H21N5O2S/c1-17(2)10-9-16-13(21)15-8-7-14-11-3-5-12(6-4-11)18(19)20/h3-6,14H,7-10H2,1-2H3,(H2,15,16,21). The SMILES string of the molecule is CN(C)CCNC(=S)NCCNc1ccc([N+](=O)[O-])cc1. The van der Waals surface area contributed by atoms with E-state index >= 15 is 0 Å².